The Morgan fingerprint density at radius 1 is 1.04 bits per heavy atom. The van der Waals surface area contributed by atoms with E-state index in [1.54, 1.807) is 45.9 Å². The largest absolute Gasteiger partial charge is 0.350 e. The molecule has 0 atom stereocenters. The van der Waals surface area contributed by atoms with Crippen molar-refractivity contribution in [3.63, 3.8) is 0 Å². The Bertz CT molecular complexity index is 994. The lowest BCUT2D eigenvalue weighted by atomic mass is 10.2. The number of hydrogen-bond donors (Lipinski definition) is 0. The van der Waals surface area contributed by atoms with Gasteiger partial charge in [0.25, 0.3) is 5.91 Å². The van der Waals surface area contributed by atoms with E-state index in [0.717, 1.165) is 0 Å². The van der Waals surface area contributed by atoms with Crippen LogP contribution in [0.25, 0.3) is 5.69 Å². The van der Waals surface area contributed by atoms with E-state index >= 15 is 0 Å². The molecular weight excluding hydrogens is 340 g/mol. The van der Waals surface area contributed by atoms with Crippen molar-refractivity contribution >= 4 is 17.5 Å². The lowest BCUT2D eigenvalue weighted by Gasteiger charge is -2.26. The number of benzene rings is 2. The van der Waals surface area contributed by atoms with Crippen LogP contribution in [0.4, 0.5) is 0 Å². The van der Waals surface area contributed by atoms with Gasteiger partial charge in [0.05, 0.1) is 12.2 Å². The standard InChI is InChI=1S/C18H15ClN4O2/c19-14-7-4-8-15(11-14)23-18(25)22-10-9-21(12-16(22)20-23)17(24)13-5-2-1-3-6-13/h1-8,11H,9-10,12H2. The molecule has 1 aromatic heterocycles. The first-order valence-corrected chi connectivity index (χ1v) is 8.30. The second-order valence-electron chi connectivity index (χ2n) is 5.83. The van der Waals surface area contributed by atoms with Gasteiger partial charge in [-0.05, 0) is 30.3 Å². The van der Waals surface area contributed by atoms with E-state index in [1.165, 1.54) is 4.68 Å². The van der Waals surface area contributed by atoms with Crippen molar-refractivity contribution in [3.05, 3.63) is 81.5 Å². The number of rotatable bonds is 2. The number of fused-ring (bicyclic) bond motifs is 1. The zero-order chi connectivity index (χ0) is 17.4. The number of carbonyl (C=O) groups is 1. The van der Waals surface area contributed by atoms with E-state index in [4.69, 9.17) is 11.6 Å². The number of amides is 1. The Balaban J connectivity index is 1.65. The Morgan fingerprint density at radius 2 is 1.84 bits per heavy atom. The quantitative estimate of drug-likeness (QED) is 0.709. The summed E-state index contributed by atoms with van der Waals surface area (Å²) < 4.78 is 2.94. The molecule has 0 fully saturated rings. The summed E-state index contributed by atoms with van der Waals surface area (Å²) in [5, 5.41) is 4.94. The highest BCUT2D eigenvalue weighted by atomic mass is 35.5. The van der Waals surface area contributed by atoms with Crippen LogP contribution in [0.3, 0.4) is 0 Å². The van der Waals surface area contributed by atoms with Gasteiger partial charge in [-0.15, -0.1) is 5.10 Å². The average molecular weight is 355 g/mol. The van der Waals surface area contributed by atoms with Crippen molar-refractivity contribution in [2.24, 2.45) is 0 Å². The van der Waals surface area contributed by atoms with Gasteiger partial charge in [-0.1, -0.05) is 35.9 Å². The molecule has 0 saturated carbocycles. The molecule has 2 aromatic carbocycles. The highest BCUT2D eigenvalue weighted by Crippen LogP contribution is 2.16. The van der Waals surface area contributed by atoms with Crippen molar-refractivity contribution in [3.8, 4) is 5.69 Å². The molecule has 0 unspecified atom stereocenters. The van der Waals surface area contributed by atoms with E-state index in [0.29, 0.717) is 41.7 Å². The number of carbonyl (C=O) groups excluding carboxylic acids is 1. The zero-order valence-electron chi connectivity index (χ0n) is 13.3. The highest BCUT2D eigenvalue weighted by molar-refractivity contribution is 6.30. The van der Waals surface area contributed by atoms with Crippen molar-refractivity contribution < 1.29 is 4.79 Å². The highest BCUT2D eigenvalue weighted by Gasteiger charge is 2.26. The normalized spacial score (nSPS) is 13.6. The molecule has 25 heavy (non-hydrogen) atoms. The molecular formula is C18H15ClN4O2. The molecule has 6 nitrogen and oxygen atoms in total. The maximum atomic E-state index is 12.6. The Hall–Kier alpha value is -2.86. The summed E-state index contributed by atoms with van der Waals surface area (Å²) in [6, 6.07) is 16.1. The lowest BCUT2D eigenvalue weighted by molar-refractivity contribution is 0.0706. The number of nitrogens with zero attached hydrogens (tertiary/aromatic N) is 4. The first-order valence-electron chi connectivity index (χ1n) is 7.92. The minimum Gasteiger partial charge on any atom is -0.329 e. The van der Waals surface area contributed by atoms with E-state index in [1.807, 2.05) is 18.2 Å². The fourth-order valence-electron chi connectivity index (χ4n) is 2.96. The smallest absolute Gasteiger partial charge is 0.329 e. The summed E-state index contributed by atoms with van der Waals surface area (Å²) in [6.45, 7) is 1.20. The third-order valence-electron chi connectivity index (χ3n) is 4.23. The van der Waals surface area contributed by atoms with Crippen LogP contribution >= 0.6 is 11.6 Å². The predicted octanol–water partition coefficient (Wildman–Crippen LogP) is 2.34. The summed E-state index contributed by atoms with van der Waals surface area (Å²) >= 11 is 6.00. The lowest BCUT2D eigenvalue weighted by Crippen LogP contribution is -2.40. The van der Waals surface area contributed by atoms with E-state index in [9.17, 15) is 9.59 Å². The molecule has 1 aliphatic rings. The SMILES string of the molecule is O=C(c1ccccc1)N1CCn2c(nn(-c3cccc(Cl)c3)c2=O)C1. The van der Waals surface area contributed by atoms with Crippen molar-refractivity contribution in [2.45, 2.75) is 13.1 Å². The Kier molecular flexibility index (Phi) is 3.89. The second kappa shape index (κ2) is 6.22. The van der Waals surface area contributed by atoms with E-state index in [-0.39, 0.29) is 11.6 Å². The van der Waals surface area contributed by atoms with Gasteiger partial charge < -0.3 is 4.90 Å². The predicted molar refractivity (Wildman–Crippen MR) is 94.0 cm³/mol. The molecule has 126 valence electrons. The minimum absolute atomic E-state index is 0.0587. The van der Waals surface area contributed by atoms with Gasteiger partial charge in [0.1, 0.15) is 0 Å². The molecule has 0 saturated heterocycles. The molecule has 4 rings (SSSR count). The average Bonchev–Trinajstić information content (AvgIpc) is 2.98. The third-order valence-corrected chi connectivity index (χ3v) is 4.46. The molecule has 0 spiro atoms. The molecule has 0 N–H and O–H groups in total. The fraction of sp³-hybridized carbons (Fsp3) is 0.167. The van der Waals surface area contributed by atoms with Crippen LogP contribution in [-0.2, 0) is 13.1 Å². The van der Waals surface area contributed by atoms with Gasteiger partial charge in [0, 0.05) is 23.7 Å². The van der Waals surface area contributed by atoms with E-state index < -0.39 is 0 Å². The summed E-state index contributed by atoms with van der Waals surface area (Å²) in [6.07, 6.45) is 0. The monoisotopic (exact) mass is 354 g/mol. The van der Waals surface area contributed by atoms with Crippen LogP contribution in [0.1, 0.15) is 16.2 Å². The van der Waals surface area contributed by atoms with Crippen molar-refractivity contribution in [2.75, 3.05) is 6.54 Å². The first-order chi connectivity index (χ1) is 12.1. The van der Waals surface area contributed by atoms with Crippen LogP contribution in [0, 0.1) is 0 Å². The summed E-state index contributed by atoms with van der Waals surface area (Å²) in [7, 11) is 0. The van der Waals surface area contributed by atoms with Crippen LogP contribution in [-0.4, -0.2) is 31.7 Å². The second-order valence-corrected chi connectivity index (χ2v) is 6.27. The van der Waals surface area contributed by atoms with Gasteiger partial charge in [0.15, 0.2) is 5.82 Å². The van der Waals surface area contributed by atoms with Crippen molar-refractivity contribution in [1.29, 1.82) is 0 Å². The maximum absolute atomic E-state index is 12.6. The first kappa shape index (κ1) is 15.7. The summed E-state index contributed by atoms with van der Waals surface area (Å²) in [5.41, 5.74) is 1.02. The Morgan fingerprint density at radius 3 is 2.60 bits per heavy atom. The number of aromatic nitrogens is 3. The number of hydrogen-bond acceptors (Lipinski definition) is 3. The molecule has 2 heterocycles. The van der Waals surface area contributed by atoms with Crippen molar-refractivity contribution in [1.82, 2.24) is 19.2 Å². The Labute approximate surface area is 148 Å². The molecule has 0 bridgehead atoms. The summed E-state index contributed by atoms with van der Waals surface area (Å²) in [4.78, 5) is 26.9. The topological polar surface area (TPSA) is 60.1 Å². The minimum atomic E-state index is -0.218. The molecule has 0 aliphatic carbocycles. The van der Waals surface area contributed by atoms with Gasteiger partial charge in [-0.25, -0.2) is 4.79 Å². The summed E-state index contributed by atoms with van der Waals surface area (Å²) in [5.74, 6) is 0.511. The number of halogens is 1. The molecule has 1 amide bonds. The molecule has 7 heteroatoms. The van der Waals surface area contributed by atoms with Crippen LogP contribution in [0.5, 0.6) is 0 Å². The van der Waals surface area contributed by atoms with Gasteiger partial charge in [-0.2, -0.15) is 4.68 Å². The molecule has 1 aliphatic heterocycles. The van der Waals surface area contributed by atoms with Crippen LogP contribution in [0.15, 0.2) is 59.4 Å². The maximum Gasteiger partial charge on any atom is 0.350 e. The fourth-order valence-corrected chi connectivity index (χ4v) is 3.15. The van der Waals surface area contributed by atoms with Gasteiger partial charge in [0.2, 0.25) is 0 Å². The molecule has 3 aromatic rings. The van der Waals surface area contributed by atoms with Crippen LogP contribution in [0.2, 0.25) is 5.02 Å². The van der Waals surface area contributed by atoms with E-state index in [2.05, 4.69) is 5.10 Å². The molecule has 0 radical (unpaired) electrons. The van der Waals surface area contributed by atoms with Gasteiger partial charge in [-0.3, -0.25) is 9.36 Å². The van der Waals surface area contributed by atoms with Gasteiger partial charge >= 0.3 is 5.69 Å². The van der Waals surface area contributed by atoms with Crippen LogP contribution < -0.4 is 5.69 Å². The third kappa shape index (κ3) is 2.85. The zero-order valence-corrected chi connectivity index (χ0v) is 14.1.